The highest BCUT2D eigenvalue weighted by atomic mass is 35.5. The number of imide groups is 2. The van der Waals surface area contributed by atoms with Gasteiger partial charge in [0.25, 0.3) is 17.7 Å². The van der Waals surface area contributed by atoms with Gasteiger partial charge in [-0.1, -0.05) is 31.5 Å². The number of halogens is 1. The smallest absolute Gasteiger partial charge is 0.262 e. The zero-order valence-electron chi connectivity index (χ0n) is 29.4. The number of amides is 5. The number of fused-ring (bicyclic) bond motifs is 2. The molecule has 8 rings (SSSR count). The minimum Gasteiger partial charge on any atom is -0.490 e. The topological polar surface area (TPSA) is 130 Å². The van der Waals surface area contributed by atoms with Crippen LogP contribution in [-0.2, 0) is 22.7 Å². The highest BCUT2D eigenvalue weighted by molar-refractivity contribution is 6.33. The second-order valence-corrected chi connectivity index (χ2v) is 15.5. The molecule has 272 valence electrons. The Labute approximate surface area is 311 Å². The van der Waals surface area contributed by atoms with Crippen molar-refractivity contribution in [1.82, 2.24) is 20.0 Å². The Hall–Kier alpha value is -5.25. The first-order valence-corrected chi connectivity index (χ1v) is 18.3. The van der Waals surface area contributed by atoms with Crippen LogP contribution in [0.3, 0.4) is 0 Å². The Morgan fingerprint density at radius 3 is 2.04 bits per heavy atom. The fourth-order valence-corrected chi connectivity index (χ4v) is 8.39. The molecule has 5 amide bonds. The molecule has 3 atom stereocenters. The van der Waals surface area contributed by atoms with Gasteiger partial charge in [-0.2, -0.15) is 0 Å². The average Bonchev–Trinajstić information content (AvgIpc) is 3.67. The van der Waals surface area contributed by atoms with Crippen LogP contribution >= 0.6 is 11.6 Å². The minimum absolute atomic E-state index is 0.0194. The van der Waals surface area contributed by atoms with Crippen molar-refractivity contribution < 1.29 is 33.4 Å². The van der Waals surface area contributed by atoms with Crippen LogP contribution in [0.1, 0.15) is 88.2 Å². The molecule has 0 bridgehead atoms. The van der Waals surface area contributed by atoms with Crippen molar-refractivity contribution in [2.75, 3.05) is 13.1 Å². The van der Waals surface area contributed by atoms with Gasteiger partial charge in [0, 0.05) is 56.0 Å². The molecule has 4 aliphatic heterocycles. The van der Waals surface area contributed by atoms with Gasteiger partial charge in [0.05, 0.1) is 22.7 Å². The van der Waals surface area contributed by atoms with Gasteiger partial charge in [0.1, 0.15) is 29.7 Å². The predicted molar refractivity (Wildman–Crippen MR) is 193 cm³/mol. The van der Waals surface area contributed by atoms with E-state index in [0.717, 1.165) is 28.9 Å². The normalized spacial score (nSPS) is 23.9. The van der Waals surface area contributed by atoms with Crippen LogP contribution in [0.4, 0.5) is 5.69 Å². The number of piperidine rings is 2. The molecule has 53 heavy (non-hydrogen) atoms. The first kappa shape index (κ1) is 34.8. The molecule has 5 aliphatic rings. The Morgan fingerprint density at radius 1 is 0.868 bits per heavy atom. The van der Waals surface area contributed by atoms with Crippen molar-refractivity contribution >= 4 is 46.8 Å². The van der Waals surface area contributed by atoms with E-state index in [-0.39, 0.29) is 42.4 Å². The van der Waals surface area contributed by atoms with Crippen LogP contribution in [0.5, 0.6) is 11.5 Å². The lowest BCUT2D eigenvalue weighted by Gasteiger charge is -2.50. The monoisotopic (exact) mass is 735 g/mol. The molecule has 1 N–H and O–H groups in total. The lowest BCUT2D eigenvalue weighted by atomic mass is 9.66. The van der Waals surface area contributed by atoms with Gasteiger partial charge in [-0.15, -0.1) is 0 Å². The molecule has 12 nitrogen and oxygen atoms in total. The van der Waals surface area contributed by atoms with Crippen molar-refractivity contribution in [1.29, 1.82) is 0 Å². The summed E-state index contributed by atoms with van der Waals surface area (Å²) in [6.07, 6.45) is 2.36. The first-order chi connectivity index (χ1) is 25.4. The molecule has 3 fully saturated rings. The van der Waals surface area contributed by atoms with E-state index in [1.54, 1.807) is 30.3 Å². The van der Waals surface area contributed by atoms with Crippen molar-refractivity contribution in [2.45, 2.75) is 83.3 Å². The Balaban J connectivity index is 0.826. The third kappa shape index (κ3) is 6.21. The molecule has 0 radical (unpaired) electrons. The van der Waals surface area contributed by atoms with Gasteiger partial charge in [0.2, 0.25) is 17.5 Å². The van der Waals surface area contributed by atoms with Gasteiger partial charge in [-0.05, 0) is 78.9 Å². The lowest BCUT2D eigenvalue weighted by molar-refractivity contribution is -0.136. The second kappa shape index (κ2) is 13.3. The van der Waals surface area contributed by atoms with Crippen LogP contribution in [0, 0.1) is 12.0 Å². The Bertz CT molecular complexity index is 2060. The van der Waals surface area contributed by atoms with Gasteiger partial charge < -0.3 is 14.4 Å². The molecule has 1 unspecified atom stereocenters. The fourth-order valence-electron chi connectivity index (χ4n) is 8.17. The van der Waals surface area contributed by atoms with E-state index >= 15 is 0 Å². The lowest BCUT2D eigenvalue weighted by Crippen LogP contribution is -2.58. The van der Waals surface area contributed by atoms with Crippen molar-refractivity contribution in [3.8, 4) is 11.5 Å². The summed E-state index contributed by atoms with van der Waals surface area (Å²) < 4.78 is 12.5. The quantitative estimate of drug-likeness (QED) is 0.248. The molecule has 13 heteroatoms. The van der Waals surface area contributed by atoms with Crippen LogP contribution in [0.2, 0.25) is 5.02 Å². The van der Waals surface area contributed by atoms with E-state index in [1.165, 1.54) is 0 Å². The van der Waals surface area contributed by atoms with Gasteiger partial charge in [0.15, 0.2) is 0 Å². The third-order valence-electron chi connectivity index (χ3n) is 11.6. The molecule has 0 spiro atoms. The summed E-state index contributed by atoms with van der Waals surface area (Å²) in [5, 5.41) is 2.60. The van der Waals surface area contributed by atoms with E-state index in [9.17, 15) is 24.0 Å². The predicted octanol–water partition coefficient (Wildman–Crippen LogP) is 5.54. The SMILES string of the molecule is [C-]#[N+]c1ccc(O[C@H]2C[C@H](Oc3ccc(C(=O)N4CCC(N5Cc6cc7c(cc6C5)C(=O)N(C5CCC(=O)NC5=O)C7=O)CC4)cc3)C2(C)C)cc1Cl. The number of benzene rings is 3. The van der Waals surface area contributed by atoms with Crippen LogP contribution < -0.4 is 14.8 Å². The van der Waals surface area contributed by atoms with E-state index in [2.05, 4.69) is 28.9 Å². The number of hydrogen-bond donors (Lipinski definition) is 1. The molecule has 1 aliphatic carbocycles. The number of ether oxygens (including phenoxy) is 2. The van der Waals surface area contributed by atoms with E-state index < -0.39 is 29.7 Å². The summed E-state index contributed by atoms with van der Waals surface area (Å²) in [6.45, 7) is 13.9. The van der Waals surface area contributed by atoms with E-state index in [0.29, 0.717) is 71.5 Å². The Morgan fingerprint density at radius 2 is 1.47 bits per heavy atom. The van der Waals surface area contributed by atoms with Crippen LogP contribution in [0.25, 0.3) is 4.85 Å². The third-order valence-corrected chi connectivity index (χ3v) is 11.9. The maximum absolute atomic E-state index is 13.5. The first-order valence-electron chi connectivity index (χ1n) is 17.9. The van der Waals surface area contributed by atoms with Crippen molar-refractivity contribution in [3.63, 3.8) is 0 Å². The molecular weight excluding hydrogens is 698 g/mol. The van der Waals surface area contributed by atoms with Crippen molar-refractivity contribution in [2.24, 2.45) is 5.41 Å². The van der Waals surface area contributed by atoms with Crippen LogP contribution in [-0.4, -0.2) is 81.6 Å². The number of carbonyl (C=O) groups excluding carboxylic acids is 5. The maximum atomic E-state index is 13.5. The molecule has 2 saturated heterocycles. The van der Waals surface area contributed by atoms with Gasteiger partial charge in [-0.25, -0.2) is 4.85 Å². The average molecular weight is 736 g/mol. The van der Waals surface area contributed by atoms with Gasteiger partial charge >= 0.3 is 0 Å². The summed E-state index contributed by atoms with van der Waals surface area (Å²) in [6, 6.07) is 15.2. The summed E-state index contributed by atoms with van der Waals surface area (Å²) in [4.78, 5) is 72.7. The number of nitrogens with one attached hydrogen (secondary N) is 1. The largest absolute Gasteiger partial charge is 0.490 e. The highest BCUT2D eigenvalue weighted by Crippen LogP contribution is 2.46. The summed E-state index contributed by atoms with van der Waals surface area (Å²) in [7, 11) is 0. The number of carbonyl (C=O) groups is 5. The van der Waals surface area contributed by atoms with Gasteiger partial charge in [-0.3, -0.25) is 39.1 Å². The van der Waals surface area contributed by atoms with Crippen LogP contribution in [0.15, 0.2) is 54.6 Å². The molecule has 3 aromatic carbocycles. The standard InChI is InChI=1S/C40H38ClN5O7/c1-40(2)33(19-34(40)53-27-8-9-31(42-3)30(41)18-27)52-26-6-4-22(5-7-26)37(49)44-14-12-25(13-15-44)45-20-23-16-28-29(17-24(23)21-45)39(51)46(38(28)50)32-10-11-35(47)43-36(32)48/h4-9,16-18,25,32-34H,10-15,19-21H2,1-2H3,(H,43,47,48)/t32?,33-,34-/m0/s1. The molecule has 0 aromatic heterocycles. The van der Waals surface area contributed by atoms with E-state index in [4.69, 9.17) is 27.6 Å². The highest BCUT2D eigenvalue weighted by Gasteiger charge is 2.52. The zero-order chi connectivity index (χ0) is 37.2. The fraction of sp³-hybridized carbons (Fsp3) is 0.400. The Kier molecular flexibility index (Phi) is 8.74. The number of nitrogens with zero attached hydrogens (tertiary/aromatic N) is 4. The van der Waals surface area contributed by atoms with E-state index in [1.807, 2.05) is 29.2 Å². The summed E-state index contributed by atoms with van der Waals surface area (Å²) in [5.41, 5.74) is 3.31. The molecule has 3 aromatic rings. The second-order valence-electron chi connectivity index (χ2n) is 15.1. The number of rotatable bonds is 7. The molecular formula is C40H38ClN5O7. The zero-order valence-corrected chi connectivity index (χ0v) is 30.2. The summed E-state index contributed by atoms with van der Waals surface area (Å²) >= 11 is 6.18. The summed E-state index contributed by atoms with van der Waals surface area (Å²) in [5.74, 6) is -0.718. The van der Waals surface area contributed by atoms with Crippen molar-refractivity contribution in [3.05, 3.63) is 98.9 Å². The number of likely N-dealkylation sites (tertiary alicyclic amines) is 1. The minimum atomic E-state index is -0.983. The molecule has 1 saturated carbocycles. The maximum Gasteiger partial charge on any atom is 0.262 e. The number of hydrogen-bond acceptors (Lipinski definition) is 8. The molecule has 4 heterocycles.